The second kappa shape index (κ2) is 9.46. The molecule has 2 aliphatic rings. The van der Waals surface area contributed by atoms with Crippen LogP contribution in [0.15, 0.2) is 108 Å². The molecule has 0 radical (unpaired) electrons. The van der Waals surface area contributed by atoms with Gasteiger partial charge in [0.05, 0.1) is 0 Å². The van der Waals surface area contributed by atoms with Crippen molar-refractivity contribution in [1.82, 2.24) is 0 Å². The van der Waals surface area contributed by atoms with Crippen molar-refractivity contribution in [2.45, 2.75) is 41.9 Å². The van der Waals surface area contributed by atoms with Gasteiger partial charge in [0, 0.05) is 0 Å². The molecule has 6 rings (SSSR count). The van der Waals surface area contributed by atoms with Gasteiger partial charge in [0.1, 0.15) is 0 Å². The van der Waals surface area contributed by atoms with Crippen LogP contribution in [0, 0.1) is 0 Å². The fourth-order valence-electron chi connectivity index (χ4n) is 8.09. The molecule has 0 amide bonds. The van der Waals surface area contributed by atoms with Crippen LogP contribution in [0.1, 0.15) is 43.4 Å². The fourth-order valence-corrected chi connectivity index (χ4v) is 53.3. The molecule has 0 nitrogen and oxygen atoms in total. The van der Waals surface area contributed by atoms with E-state index >= 15 is 0 Å². The van der Waals surface area contributed by atoms with Gasteiger partial charge in [-0.3, -0.25) is 0 Å². The Labute approximate surface area is 231 Å². The average Bonchev–Trinajstić information content (AvgIpc) is 3.46. The standard InChI is InChI=1S/2C16H13.C2H7Ge.2CH3.Zr/c2*1-12-10-14-8-5-9-15(16(14)11-12)13-6-3-2-4-7-13;1-3-2;;;/h2*2-11H,1H3;3H,1-2H3;2*1H3;. The molecule has 2 heteroatoms. The van der Waals surface area contributed by atoms with E-state index in [0.29, 0.717) is 7.25 Å². The molecule has 4 aromatic carbocycles. The summed E-state index contributed by atoms with van der Waals surface area (Å²) in [6.07, 6.45) is 5.12. The van der Waals surface area contributed by atoms with Crippen LogP contribution in [0.3, 0.4) is 0 Å². The Hall–Kier alpha value is -2.21. The molecule has 2 unspecified atom stereocenters. The number of allylic oxidation sites excluding steroid dienone is 2. The Morgan fingerprint density at radius 2 is 0.921 bits per heavy atom. The maximum atomic E-state index is 2.87. The first-order valence-electron chi connectivity index (χ1n) is 14.1. The van der Waals surface area contributed by atoms with Gasteiger partial charge < -0.3 is 0 Å². The zero-order chi connectivity index (χ0) is 26.7. The third-order valence-electron chi connectivity index (χ3n) is 10.4. The van der Waals surface area contributed by atoms with Crippen LogP contribution in [0.25, 0.3) is 34.4 Å². The molecule has 0 saturated carbocycles. The van der Waals surface area contributed by atoms with Gasteiger partial charge >= 0.3 is 234 Å². The summed E-state index contributed by atoms with van der Waals surface area (Å²) in [5, 5.41) is 0. The maximum absolute atomic E-state index is 3.53. The third kappa shape index (κ3) is 3.80. The van der Waals surface area contributed by atoms with Crippen LogP contribution >= 0.6 is 0 Å². The summed E-state index contributed by atoms with van der Waals surface area (Å²) >= 11 is -3.53. The first-order chi connectivity index (χ1) is 18.2. The summed E-state index contributed by atoms with van der Waals surface area (Å²) in [6, 6.07) is 36.2. The Balaban J connectivity index is 1.56. The second-order valence-corrected chi connectivity index (χ2v) is 71.3. The van der Waals surface area contributed by atoms with Crippen LogP contribution in [-0.4, -0.2) is 10.6 Å². The number of hydrogen-bond donors (Lipinski definition) is 0. The zero-order valence-corrected chi connectivity index (χ0v) is 28.5. The number of benzene rings is 4. The van der Waals surface area contributed by atoms with Crippen molar-refractivity contribution >= 4 is 22.7 Å². The van der Waals surface area contributed by atoms with E-state index in [2.05, 4.69) is 144 Å². The van der Waals surface area contributed by atoms with E-state index in [1.165, 1.54) is 33.4 Å². The van der Waals surface area contributed by atoms with Crippen LogP contribution < -0.4 is 0 Å². The van der Waals surface area contributed by atoms with Gasteiger partial charge in [-0.2, -0.15) is 0 Å². The van der Waals surface area contributed by atoms with Crippen molar-refractivity contribution in [2.75, 3.05) is 0 Å². The number of hydrogen-bond acceptors (Lipinski definition) is 0. The van der Waals surface area contributed by atoms with Gasteiger partial charge in [-0.15, -0.1) is 0 Å². The van der Waals surface area contributed by atoms with E-state index in [4.69, 9.17) is 0 Å². The molecule has 0 N–H and O–H groups in total. The average molecular weight is 636 g/mol. The van der Waals surface area contributed by atoms with E-state index in [1.807, 2.05) is 0 Å². The third-order valence-corrected chi connectivity index (χ3v) is 85.5. The normalized spacial score (nSPS) is 19.4. The molecule has 0 saturated heterocycles. The topological polar surface area (TPSA) is 0 Å². The molecular formula is C36H39GeZr. The van der Waals surface area contributed by atoms with Gasteiger partial charge in [-0.1, -0.05) is 0 Å². The molecule has 0 heterocycles. The van der Waals surface area contributed by atoms with E-state index in [0.717, 1.165) is 0 Å². The van der Waals surface area contributed by atoms with Crippen molar-refractivity contribution in [3.8, 4) is 22.3 Å². The Morgan fingerprint density at radius 3 is 1.29 bits per heavy atom. The van der Waals surface area contributed by atoms with E-state index in [-0.39, 0.29) is 0 Å². The van der Waals surface area contributed by atoms with Gasteiger partial charge in [-0.05, 0) is 0 Å². The van der Waals surface area contributed by atoms with Crippen molar-refractivity contribution in [3.63, 3.8) is 0 Å². The molecule has 191 valence electrons. The van der Waals surface area contributed by atoms with Gasteiger partial charge in [0.2, 0.25) is 0 Å². The van der Waals surface area contributed by atoms with Gasteiger partial charge in [-0.25, -0.2) is 0 Å². The van der Waals surface area contributed by atoms with Gasteiger partial charge in [0.15, 0.2) is 0 Å². The minimum absolute atomic E-state index is 0.606. The first kappa shape index (κ1) is 26.0. The second-order valence-electron chi connectivity index (χ2n) is 12.9. The SMILES string of the molecule is CC1=Cc2c(-c3ccccc3)cccc2[CH]1[Zr]([CH3])([CH3])([CH]1C(C)=Cc2c(-c3ccccc3)cccc21)[GeH]([CH3])[CH3]. The fraction of sp³-hybridized carbons (Fsp3) is 0.222. The first-order valence-corrected chi connectivity index (χ1v) is 35.3. The molecule has 0 aliphatic heterocycles. The predicted octanol–water partition coefficient (Wildman–Crippen LogP) is 10.4. The molecule has 0 spiro atoms. The molecule has 2 atom stereocenters. The van der Waals surface area contributed by atoms with E-state index < -0.39 is 26.8 Å². The summed E-state index contributed by atoms with van der Waals surface area (Å²) in [5.41, 5.74) is 14.8. The van der Waals surface area contributed by atoms with Crippen molar-refractivity contribution in [2.24, 2.45) is 0 Å². The molecular weight excluding hydrogens is 596 g/mol. The minimum atomic E-state index is -3.53. The molecule has 4 aromatic rings. The Kier molecular flexibility index (Phi) is 6.48. The van der Waals surface area contributed by atoms with E-state index in [1.54, 1.807) is 22.3 Å². The summed E-state index contributed by atoms with van der Waals surface area (Å²) in [4.78, 5) is 0. The zero-order valence-electron chi connectivity index (χ0n) is 23.6. The molecule has 0 fully saturated rings. The van der Waals surface area contributed by atoms with Crippen molar-refractivity contribution < 1.29 is 16.3 Å². The number of fused-ring (bicyclic) bond motifs is 2. The summed E-state index contributed by atoms with van der Waals surface area (Å²) in [6.45, 7) is 4.89. The van der Waals surface area contributed by atoms with Crippen LogP contribution in [0.5, 0.6) is 0 Å². The molecule has 38 heavy (non-hydrogen) atoms. The van der Waals surface area contributed by atoms with E-state index in [9.17, 15) is 0 Å². The molecule has 0 bridgehead atoms. The summed E-state index contributed by atoms with van der Waals surface area (Å²) in [7, 11) is -1.67. The van der Waals surface area contributed by atoms with Gasteiger partial charge in [0.25, 0.3) is 0 Å². The predicted molar refractivity (Wildman–Crippen MR) is 167 cm³/mol. The summed E-state index contributed by atoms with van der Waals surface area (Å²) < 4.78 is 6.94. The summed E-state index contributed by atoms with van der Waals surface area (Å²) in [5.74, 6) is 5.44. The van der Waals surface area contributed by atoms with Crippen LogP contribution in [0.2, 0.25) is 20.8 Å². The number of rotatable bonds is 5. The molecule has 0 aromatic heterocycles. The van der Waals surface area contributed by atoms with Crippen LogP contribution in [-0.2, 0) is 16.3 Å². The van der Waals surface area contributed by atoms with Crippen molar-refractivity contribution in [3.05, 3.63) is 130 Å². The molecule has 2 aliphatic carbocycles. The van der Waals surface area contributed by atoms with Crippen molar-refractivity contribution in [1.29, 1.82) is 0 Å². The van der Waals surface area contributed by atoms with Crippen LogP contribution in [0.4, 0.5) is 0 Å². The quantitative estimate of drug-likeness (QED) is 0.192. The Morgan fingerprint density at radius 1 is 0.526 bits per heavy atom. The monoisotopic (exact) mass is 635 g/mol. The Bertz CT molecular complexity index is 1480.